The third-order valence-electron chi connectivity index (χ3n) is 7.92. The Balaban J connectivity index is 1.30. The lowest BCUT2D eigenvalue weighted by molar-refractivity contribution is -0.111. The number of aromatic nitrogens is 1. The van der Waals surface area contributed by atoms with E-state index in [2.05, 4.69) is 15.5 Å². The summed E-state index contributed by atoms with van der Waals surface area (Å²) in [5, 5.41) is 5.94. The average molecular weight is 561 g/mol. The van der Waals surface area contributed by atoms with E-state index >= 15 is 0 Å². The van der Waals surface area contributed by atoms with Crippen LogP contribution in [0.2, 0.25) is 0 Å². The Kier molecular flexibility index (Phi) is 7.60. The minimum Gasteiger partial charge on any atom is -0.495 e. The Labute approximate surface area is 244 Å². The molecule has 2 aliphatic rings. The van der Waals surface area contributed by atoms with Crippen molar-refractivity contribution >= 4 is 35.0 Å². The normalized spacial score (nSPS) is 17.4. The summed E-state index contributed by atoms with van der Waals surface area (Å²) in [6, 6.07) is 27.7. The van der Waals surface area contributed by atoms with Crippen LogP contribution >= 0.6 is 0 Å². The Bertz CT molecular complexity index is 1710. The first-order valence-electron chi connectivity index (χ1n) is 14.1. The molecule has 3 aromatic carbocycles. The zero-order valence-corrected chi connectivity index (χ0v) is 23.3. The van der Waals surface area contributed by atoms with Gasteiger partial charge in [-0.1, -0.05) is 48.5 Å². The molecule has 0 spiro atoms. The highest BCUT2D eigenvalue weighted by molar-refractivity contribution is 6.08. The lowest BCUT2D eigenvalue weighted by atomic mass is 9.83. The third kappa shape index (κ3) is 5.69. The van der Waals surface area contributed by atoms with Crippen LogP contribution in [0.25, 0.3) is 6.08 Å². The standard InChI is InChI=1S/C34H32N4O4/c1-42-31-12-6-5-10-27(31)36-34(41)25-15-16-30(28(19-25)35-32(39)17-14-23-8-3-2-4-9-23)37-20-24-18-26(22-37)29-11-7-13-33(40)38(29)21-24/h2-17,19,24,26H,18,20-22H2,1H3,(H,35,39)(H,36,41)/b17-14+. The fourth-order valence-electron chi connectivity index (χ4n) is 6.00. The molecule has 6 rings (SSSR count). The second kappa shape index (κ2) is 11.8. The molecule has 42 heavy (non-hydrogen) atoms. The number of piperidine rings is 1. The highest BCUT2D eigenvalue weighted by atomic mass is 16.5. The van der Waals surface area contributed by atoms with E-state index in [0.717, 1.165) is 29.9 Å². The summed E-state index contributed by atoms with van der Waals surface area (Å²) < 4.78 is 7.28. The van der Waals surface area contributed by atoms with Crippen LogP contribution in [-0.2, 0) is 11.3 Å². The number of amides is 2. The van der Waals surface area contributed by atoms with E-state index in [1.807, 2.05) is 65.2 Å². The molecule has 2 unspecified atom stereocenters. The molecule has 2 amide bonds. The predicted molar refractivity (Wildman–Crippen MR) is 165 cm³/mol. The summed E-state index contributed by atoms with van der Waals surface area (Å²) in [7, 11) is 1.55. The first kappa shape index (κ1) is 27.1. The van der Waals surface area contributed by atoms with E-state index < -0.39 is 0 Å². The van der Waals surface area contributed by atoms with Gasteiger partial charge in [-0.3, -0.25) is 14.4 Å². The van der Waals surface area contributed by atoms with Gasteiger partial charge in [-0.15, -0.1) is 0 Å². The Hall–Kier alpha value is -5.11. The summed E-state index contributed by atoms with van der Waals surface area (Å²) in [5.41, 5.74) is 4.36. The minimum atomic E-state index is -0.315. The number of carbonyl (C=O) groups excluding carboxylic acids is 2. The maximum atomic E-state index is 13.3. The lowest BCUT2D eigenvalue weighted by Crippen LogP contribution is -2.47. The van der Waals surface area contributed by atoms with Crippen LogP contribution in [0.1, 0.15) is 34.0 Å². The quantitative estimate of drug-likeness (QED) is 0.296. The highest BCUT2D eigenvalue weighted by Crippen LogP contribution is 2.39. The number of rotatable bonds is 7. The van der Waals surface area contributed by atoms with Gasteiger partial charge in [0.15, 0.2) is 0 Å². The molecule has 2 aliphatic heterocycles. The molecule has 2 atom stereocenters. The summed E-state index contributed by atoms with van der Waals surface area (Å²) >= 11 is 0. The summed E-state index contributed by atoms with van der Waals surface area (Å²) in [6.07, 6.45) is 4.27. The van der Waals surface area contributed by atoms with Crippen molar-refractivity contribution in [3.63, 3.8) is 0 Å². The van der Waals surface area contributed by atoms with Crippen LogP contribution in [-0.4, -0.2) is 36.6 Å². The number of nitrogens with zero attached hydrogens (tertiary/aromatic N) is 2. The van der Waals surface area contributed by atoms with Crippen molar-refractivity contribution in [1.29, 1.82) is 0 Å². The largest absolute Gasteiger partial charge is 0.495 e. The van der Waals surface area contributed by atoms with E-state index in [1.165, 1.54) is 6.08 Å². The van der Waals surface area contributed by atoms with Gasteiger partial charge in [-0.05, 0) is 60.4 Å². The molecule has 2 N–H and O–H groups in total. The molecular weight excluding hydrogens is 528 g/mol. The van der Waals surface area contributed by atoms with Gasteiger partial charge in [-0.2, -0.15) is 0 Å². The number of pyridine rings is 1. The number of anilines is 3. The number of benzene rings is 3. The van der Waals surface area contributed by atoms with Crippen molar-refractivity contribution in [3.8, 4) is 5.75 Å². The van der Waals surface area contributed by atoms with E-state index in [1.54, 1.807) is 43.5 Å². The van der Waals surface area contributed by atoms with E-state index in [0.29, 0.717) is 41.7 Å². The molecule has 1 fully saturated rings. The summed E-state index contributed by atoms with van der Waals surface area (Å²) in [6.45, 7) is 2.12. The Morgan fingerprint density at radius 2 is 1.67 bits per heavy atom. The summed E-state index contributed by atoms with van der Waals surface area (Å²) in [4.78, 5) is 41.2. The van der Waals surface area contributed by atoms with Crippen LogP contribution in [0.3, 0.4) is 0 Å². The molecule has 2 bridgehead atoms. The molecular formula is C34H32N4O4. The topological polar surface area (TPSA) is 92.7 Å². The van der Waals surface area contributed by atoms with Crippen LogP contribution in [0.4, 0.5) is 17.1 Å². The van der Waals surface area contributed by atoms with Gasteiger partial charge < -0.3 is 24.8 Å². The Morgan fingerprint density at radius 3 is 2.50 bits per heavy atom. The maximum Gasteiger partial charge on any atom is 0.255 e. The molecule has 212 valence electrons. The minimum absolute atomic E-state index is 0.0409. The van der Waals surface area contributed by atoms with Crippen molar-refractivity contribution in [2.45, 2.75) is 18.9 Å². The van der Waals surface area contributed by atoms with Crippen LogP contribution in [0.15, 0.2) is 102 Å². The average Bonchev–Trinajstić information content (AvgIpc) is 3.01. The van der Waals surface area contributed by atoms with Gasteiger partial charge in [0, 0.05) is 49.0 Å². The molecule has 0 saturated carbocycles. The fraction of sp³-hybridized carbons (Fsp3) is 0.206. The molecule has 1 aromatic heterocycles. The maximum absolute atomic E-state index is 13.3. The predicted octanol–water partition coefficient (Wildman–Crippen LogP) is 5.38. The second-order valence-electron chi connectivity index (χ2n) is 10.7. The van der Waals surface area contributed by atoms with Crippen LogP contribution < -0.4 is 25.8 Å². The zero-order valence-electron chi connectivity index (χ0n) is 23.3. The lowest BCUT2D eigenvalue weighted by Gasteiger charge is -2.44. The number of hydrogen-bond acceptors (Lipinski definition) is 5. The van der Waals surface area contributed by atoms with Crippen LogP contribution in [0.5, 0.6) is 5.75 Å². The van der Waals surface area contributed by atoms with Gasteiger partial charge in [0.1, 0.15) is 5.75 Å². The molecule has 8 nitrogen and oxygen atoms in total. The number of carbonyl (C=O) groups is 2. The molecule has 3 heterocycles. The molecule has 8 heteroatoms. The second-order valence-corrected chi connectivity index (χ2v) is 10.7. The number of methoxy groups -OCH3 is 1. The number of hydrogen-bond donors (Lipinski definition) is 2. The molecule has 0 aliphatic carbocycles. The summed E-state index contributed by atoms with van der Waals surface area (Å²) in [5.74, 6) is 0.441. The van der Waals surface area contributed by atoms with E-state index in [4.69, 9.17) is 4.74 Å². The van der Waals surface area contributed by atoms with Crippen molar-refractivity contribution in [2.75, 3.05) is 35.7 Å². The van der Waals surface area contributed by atoms with E-state index in [-0.39, 0.29) is 23.3 Å². The molecule has 4 aromatic rings. The Morgan fingerprint density at radius 1 is 0.857 bits per heavy atom. The highest BCUT2D eigenvalue weighted by Gasteiger charge is 2.35. The van der Waals surface area contributed by atoms with Crippen molar-refractivity contribution in [1.82, 2.24) is 4.57 Å². The third-order valence-corrected chi connectivity index (χ3v) is 7.92. The zero-order chi connectivity index (χ0) is 29.1. The number of fused-ring (bicyclic) bond motifs is 4. The van der Waals surface area contributed by atoms with Gasteiger partial charge in [0.05, 0.1) is 24.2 Å². The molecule has 1 saturated heterocycles. The van der Waals surface area contributed by atoms with Gasteiger partial charge in [0.25, 0.3) is 11.5 Å². The van der Waals surface area contributed by atoms with Crippen LogP contribution in [0, 0.1) is 5.92 Å². The van der Waals surface area contributed by atoms with E-state index in [9.17, 15) is 14.4 Å². The van der Waals surface area contributed by atoms with Gasteiger partial charge >= 0.3 is 0 Å². The smallest absolute Gasteiger partial charge is 0.255 e. The van der Waals surface area contributed by atoms with Gasteiger partial charge in [0.2, 0.25) is 5.91 Å². The number of para-hydroxylation sites is 2. The van der Waals surface area contributed by atoms with Crippen molar-refractivity contribution in [2.24, 2.45) is 5.92 Å². The first-order valence-corrected chi connectivity index (χ1v) is 14.1. The van der Waals surface area contributed by atoms with Gasteiger partial charge in [-0.25, -0.2) is 0 Å². The molecule has 0 radical (unpaired) electrons. The fourth-order valence-corrected chi connectivity index (χ4v) is 6.00. The monoisotopic (exact) mass is 560 g/mol. The SMILES string of the molecule is COc1ccccc1NC(=O)c1ccc(N2CC3CC(C2)c2cccc(=O)n2C3)c(NC(=O)/C=C/c2ccccc2)c1. The van der Waals surface area contributed by atoms with Crippen molar-refractivity contribution < 1.29 is 14.3 Å². The first-order chi connectivity index (χ1) is 20.5. The number of nitrogens with one attached hydrogen (secondary N) is 2. The van der Waals surface area contributed by atoms with Crippen molar-refractivity contribution in [3.05, 3.63) is 124 Å². The number of ether oxygens (including phenoxy) is 1.